The molecule has 10 nitrogen and oxygen atoms in total. The van der Waals surface area contributed by atoms with Crippen molar-refractivity contribution in [3.05, 3.63) is 47.5 Å². The first-order valence-corrected chi connectivity index (χ1v) is 11.9. The first-order valence-electron chi connectivity index (χ1n) is 11.9. The van der Waals surface area contributed by atoms with E-state index < -0.39 is 29.0 Å². The van der Waals surface area contributed by atoms with Crippen molar-refractivity contribution in [2.24, 2.45) is 0 Å². The standard InChI is InChI=1S/C27H34N4O6/c1-26(2,3)20-15-18(30-13-12-21(32)29-24(30)34)14-19(22(20)37-7)23(33)28-16-8-10-17(11-9-16)31(25(35)36)27(4,5)6/h8-11,14-15H,12-13H2,1-7H3,(H,28,33)(H,35,36)(H,29,32,34). The number of methoxy groups -OCH3 is 1. The normalized spacial score (nSPS) is 14.2. The second-order valence-corrected chi connectivity index (χ2v) is 10.9. The van der Waals surface area contributed by atoms with Crippen molar-refractivity contribution >= 4 is 41.0 Å². The Bertz CT molecular complexity index is 1230. The summed E-state index contributed by atoms with van der Waals surface area (Å²) in [7, 11) is 1.48. The Morgan fingerprint density at radius 3 is 2.16 bits per heavy atom. The van der Waals surface area contributed by atoms with Crippen LogP contribution in [0.25, 0.3) is 0 Å². The summed E-state index contributed by atoms with van der Waals surface area (Å²) in [5.74, 6) is -0.430. The fourth-order valence-electron chi connectivity index (χ4n) is 4.20. The summed E-state index contributed by atoms with van der Waals surface area (Å²) in [6.45, 7) is 11.5. The lowest BCUT2D eigenvalue weighted by Gasteiger charge is -2.33. The molecular formula is C27H34N4O6. The molecule has 0 radical (unpaired) electrons. The first kappa shape index (κ1) is 27.5. The van der Waals surface area contributed by atoms with Crippen molar-refractivity contribution in [3.8, 4) is 5.75 Å². The number of hydrogen-bond donors (Lipinski definition) is 3. The van der Waals surface area contributed by atoms with E-state index in [2.05, 4.69) is 10.6 Å². The molecule has 0 bridgehead atoms. The van der Waals surface area contributed by atoms with Crippen LogP contribution in [-0.2, 0) is 10.2 Å². The van der Waals surface area contributed by atoms with Crippen LogP contribution in [0, 0.1) is 0 Å². The van der Waals surface area contributed by atoms with Crippen molar-refractivity contribution in [3.63, 3.8) is 0 Å². The van der Waals surface area contributed by atoms with Crippen LogP contribution in [0.2, 0.25) is 0 Å². The zero-order valence-corrected chi connectivity index (χ0v) is 22.3. The van der Waals surface area contributed by atoms with E-state index in [9.17, 15) is 24.3 Å². The van der Waals surface area contributed by atoms with Crippen molar-refractivity contribution in [1.82, 2.24) is 5.32 Å². The summed E-state index contributed by atoms with van der Waals surface area (Å²) >= 11 is 0. The highest BCUT2D eigenvalue weighted by Crippen LogP contribution is 2.38. The molecule has 1 aliphatic heterocycles. The van der Waals surface area contributed by atoms with Gasteiger partial charge in [0.1, 0.15) is 5.75 Å². The predicted molar refractivity (Wildman–Crippen MR) is 142 cm³/mol. The lowest BCUT2D eigenvalue weighted by atomic mass is 9.84. The molecule has 1 heterocycles. The highest BCUT2D eigenvalue weighted by Gasteiger charge is 2.31. The van der Waals surface area contributed by atoms with E-state index in [1.165, 1.54) is 16.9 Å². The van der Waals surface area contributed by atoms with Crippen LogP contribution in [0.5, 0.6) is 5.75 Å². The molecule has 1 aliphatic rings. The van der Waals surface area contributed by atoms with E-state index in [4.69, 9.17) is 4.74 Å². The van der Waals surface area contributed by atoms with Crippen LogP contribution < -0.4 is 25.2 Å². The van der Waals surface area contributed by atoms with Gasteiger partial charge in [0, 0.05) is 41.1 Å². The Morgan fingerprint density at radius 1 is 1.05 bits per heavy atom. The molecular weight excluding hydrogens is 476 g/mol. The van der Waals surface area contributed by atoms with Crippen LogP contribution in [0.3, 0.4) is 0 Å². The second kappa shape index (κ2) is 10.1. The van der Waals surface area contributed by atoms with E-state index in [1.807, 2.05) is 20.8 Å². The Balaban J connectivity index is 1.99. The third-order valence-corrected chi connectivity index (χ3v) is 5.94. The van der Waals surface area contributed by atoms with Crippen molar-refractivity contribution in [2.75, 3.05) is 28.8 Å². The molecule has 5 amide bonds. The molecule has 10 heteroatoms. The number of rotatable bonds is 5. The van der Waals surface area contributed by atoms with Crippen molar-refractivity contribution < 1.29 is 29.0 Å². The number of anilines is 3. The van der Waals surface area contributed by atoms with Crippen LogP contribution in [0.1, 0.15) is 63.9 Å². The summed E-state index contributed by atoms with van der Waals surface area (Å²) < 4.78 is 5.66. The van der Waals surface area contributed by atoms with Gasteiger partial charge < -0.3 is 15.2 Å². The topological polar surface area (TPSA) is 128 Å². The van der Waals surface area contributed by atoms with Crippen LogP contribution in [0.4, 0.5) is 26.7 Å². The minimum absolute atomic E-state index is 0.151. The zero-order valence-electron chi connectivity index (χ0n) is 22.3. The smallest absolute Gasteiger partial charge is 0.412 e. The molecule has 3 N–H and O–H groups in total. The molecule has 0 saturated carbocycles. The number of imide groups is 1. The quantitative estimate of drug-likeness (QED) is 0.521. The third kappa shape index (κ3) is 6.02. The number of carbonyl (C=O) groups is 4. The molecule has 37 heavy (non-hydrogen) atoms. The lowest BCUT2D eigenvalue weighted by Crippen LogP contribution is -2.49. The molecule has 0 spiro atoms. The number of carbonyl (C=O) groups excluding carboxylic acids is 3. The van der Waals surface area contributed by atoms with Gasteiger partial charge in [-0.25, -0.2) is 9.59 Å². The Kier molecular flexibility index (Phi) is 7.52. The van der Waals surface area contributed by atoms with E-state index in [-0.39, 0.29) is 24.4 Å². The Hall–Kier alpha value is -4.08. The number of urea groups is 1. The maximum atomic E-state index is 13.5. The van der Waals surface area contributed by atoms with Gasteiger partial charge in [-0.2, -0.15) is 0 Å². The van der Waals surface area contributed by atoms with Gasteiger partial charge in [-0.15, -0.1) is 0 Å². The van der Waals surface area contributed by atoms with E-state index in [0.29, 0.717) is 22.8 Å². The summed E-state index contributed by atoms with van der Waals surface area (Å²) in [5, 5.41) is 14.8. The van der Waals surface area contributed by atoms with E-state index in [1.54, 1.807) is 57.2 Å². The highest BCUT2D eigenvalue weighted by atomic mass is 16.5. The molecule has 2 aromatic carbocycles. The third-order valence-electron chi connectivity index (χ3n) is 5.94. The summed E-state index contributed by atoms with van der Waals surface area (Å²) in [6.07, 6.45) is -0.928. The van der Waals surface area contributed by atoms with Crippen LogP contribution in [0.15, 0.2) is 36.4 Å². The lowest BCUT2D eigenvalue weighted by molar-refractivity contribution is -0.120. The summed E-state index contributed by atoms with van der Waals surface area (Å²) in [4.78, 5) is 52.1. The molecule has 1 fully saturated rings. The van der Waals surface area contributed by atoms with Gasteiger partial charge in [-0.3, -0.25) is 24.7 Å². The average Bonchev–Trinajstić information content (AvgIpc) is 2.77. The molecule has 0 aromatic heterocycles. The fraction of sp³-hybridized carbons (Fsp3) is 0.407. The van der Waals surface area contributed by atoms with Crippen LogP contribution in [-0.4, -0.2) is 48.2 Å². The number of amides is 5. The van der Waals surface area contributed by atoms with Gasteiger partial charge >= 0.3 is 12.1 Å². The monoisotopic (exact) mass is 510 g/mol. The van der Waals surface area contributed by atoms with E-state index >= 15 is 0 Å². The van der Waals surface area contributed by atoms with Crippen molar-refractivity contribution in [1.29, 1.82) is 0 Å². The number of hydrogen-bond acceptors (Lipinski definition) is 5. The number of nitrogens with zero attached hydrogens (tertiary/aromatic N) is 2. The maximum absolute atomic E-state index is 13.5. The molecule has 0 aliphatic carbocycles. The molecule has 0 unspecified atom stereocenters. The van der Waals surface area contributed by atoms with E-state index in [0.717, 1.165) is 5.56 Å². The largest absolute Gasteiger partial charge is 0.496 e. The van der Waals surface area contributed by atoms with Gasteiger partial charge in [0.25, 0.3) is 5.91 Å². The second-order valence-electron chi connectivity index (χ2n) is 10.9. The predicted octanol–water partition coefficient (Wildman–Crippen LogP) is 4.97. The molecule has 3 rings (SSSR count). The number of ether oxygens (including phenoxy) is 1. The van der Waals surface area contributed by atoms with Gasteiger partial charge in [-0.1, -0.05) is 20.8 Å². The van der Waals surface area contributed by atoms with Gasteiger partial charge in [0.05, 0.1) is 12.7 Å². The zero-order chi connectivity index (χ0) is 27.7. The Labute approximate surface area is 216 Å². The highest BCUT2D eigenvalue weighted by molar-refractivity contribution is 6.09. The fourth-order valence-corrected chi connectivity index (χ4v) is 4.20. The number of carboxylic acid groups (broad SMARTS) is 1. The average molecular weight is 511 g/mol. The van der Waals surface area contributed by atoms with Crippen molar-refractivity contribution in [2.45, 2.75) is 58.9 Å². The van der Waals surface area contributed by atoms with Crippen LogP contribution >= 0.6 is 0 Å². The Morgan fingerprint density at radius 2 is 1.68 bits per heavy atom. The number of benzene rings is 2. The molecule has 2 aromatic rings. The number of nitrogens with one attached hydrogen (secondary N) is 2. The minimum Gasteiger partial charge on any atom is -0.496 e. The maximum Gasteiger partial charge on any atom is 0.412 e. The SMILES string of the molecule is COc1c(C(=O)Nc2ccc(N(C(=O)O)C(C)(C)C)cc2)cc(N2CCC(=O)NC2=O)cc1C(C)(C)C. The van der Waals surface area contributed by atoms with Gasteiger partial charge in [-0.05, 0) is 62.6 Å². The van der Waals surface area contributed by atoms with Gasteiger partial charge in [0.2, 0.25) is 5.91 Å². The molecule has 198 valence electrons. The summed E-state index contributed by atoms with van der Waals surface area (Å²) in [5.41, 5.74) is 1.27. The minimum atomic E-state index is -1.08. The molecule has 0 atom stereocenters. The summed E-state index contributed by atoms with van der Waals surface area (Å²) in [6, 6.07) is 9.31. The van der Waals surface area contributed by atoms with Gasteiger partial charge in [0.15, 0.2) is 0 Å². The first-order chi connectivity index (χ1) is 17.1. The molecule has 1 saturated heterocycles.